The molecule has 0 amide bonds. The van der Waals surface area contributed by atoms with Crippen molar-refractivity contribution in [3.63, 3.8) is 0 Å². The van der Waals surface area contributed by atoms with Crippen LogP contribution in [0.15, 0.2) is 0 Å². The first kappa shape index (κ1) is 11.0. The SMILES string of the molecule is CC1CNCC(CN(C)C)N(C)C1. The van der Waals surface area contributed by atoms with E-state index in [1.54, 1.807) is 0 Å². The largest absolute Gasteiger partial charge is 0.315 e. The quantitative estimate of drug-likeness (QED) is 0.658. The van der Waals surface area contributed by atoms with E-state index in [1.165, 1.54) is 6.54 Å². The Morgan fingerprint density at radius 3 is 2.69 bits per heavy atom. The summed E-state index contributed by atoms with van der Waals surface area (Å²) in [5.41, 5.74) is 0. The highest BCUT2D eigenvalue weighted by atomic mass is 15.2. The molecule has 0 aliphatic carbocycles. The Bertz CT molecular complexity index is 147. The van der Waals surface area contributed by atoms with Crippen LogP contribution in [0.1, 0.15) is 6.92 Å². The first-order chi connectivity index (χ1) is 6.09. The average Bonchev–Trinajstić information content (AvgIpc) is 2.13. The molecule has 0 bridgehead atoms. The second-order valence-electron chi connectivity index (χ2n) is 4.62. The van der Waals surface area contributed by atoms with E-state index in [0.717, 1.165) is 25.6 Å². The normalized spacial score (nSPS) is 32.1. The Morgan fingerprint density at radius 2 is 2.08 bits per heavy atom. The zero-order valence-electron chi connectivity index (χ0n) is 9.38. The molecule has 1 saturated heterocycles. The molecule has 1 heterocycles. The van der Waals surface area contributed by atoms with Crippen molar-refractivity contribution in [2.24, 2.45) is 5.92 Å². The summed E-state index contributed by atoms with van der Waals surface area (Å²) in [5.74, 6) is 0.775. The lowest BCUT2D eigenvalue weighted by molar-refractivity contribution is 0.195. The van der Waals surface area contributed by atoms with Crippen LogP contribution in [0.2, 0.25) is 0 Å². The third kappa shape index (κ3) is 3.63. The summed E-state index contributed by atoms with van der Waals surface area (Å²) in [6.07, 6.45) is 0. The summed E-state index contributed by atoms with van der Waals surface area (Å²) >= 11 is 0. The maximum Gasteiger partial charge on any atom is 0.0344 e. The van der Waals surface area contributed by atoms with Crippen LogP contribution in [-0.2, 0) is 0 Å². The lowest BCUT2D eigenvalue weighted by atomic mass is 10.2. The van der Waals surface area contributed by atoms with Gasteiger partial charge in [-0.25, -0.2) is 0 Å². The van der Waals surface area contributed by atoms with Crippen LogP contribution in [0.5, 0.6) is 0 Å². The van der Waals surface area contributed by atoms with Crippen molar-refractivity contribution >= 4 is 0 Å². The van der Waals surface area contributed by atoms with Gasteiger partial charge in [0.25, 0.3) is 0 Å². The van der Waals surface area contributed by atoms with Gasteiger partial charge < -0.3 is 15.1 Å². The summed E-state index contributed by atoms with van der Waals surface area (Å²) in [6.45, 7) is 6.95. The van der Waals surface area contributed by atoms with Gasteiger partial charge in [-0.15, -0.1) is 0 Å². The predicted molar refractivity (Wildman–Crippen MR) is 57.0 cm³/mol. The highest BCUT2D eigenvalue weighted by Gasteiger charge is 2.20. The lowest BCUT2D eigenvalue weighted by Crippen LogP contribution is -2.44. The Balaban J connectivity index is 2.43. The summed E-state index contributed by atoms with van der Waals surface area (Å²) in [4.78, 5) is 4.74. The van der Waals surface area contributed by atoms with Gasteiger partial charge in [-0.2, -0.15) is 0 Å². The van der Waals surface area contributed by atoms with Crippen molar-refractivity contribution in [1.82, 2.24) is 15.1 Å². The zero-order chi connectivity index (χ0) is 9.84. The number of rotatable bonds is 2. The number of nitrogens with zero attached hydrogens (tertiary/aromatic N) is 2. The summed E-state index contributed by atoms with van der Waals surface area (Å²) < 4.78 is 0. The number of likely N-dealkylation sites (N-methyl/N-ethyl adjacent to an activating group) is 2. The fourth-order valence-corrected chi connectivity index (χ4v) is 1.98. The smallest absolute Gasteiger partial charge is 0.0344 e. The fourth-order valence-electron chi connectivity index (χ4n) is 1.98. The van der Waals surface area contributed by atoms with Gasteiger partial charge in [0.2, 0.25) is 0 Å². The molecule has 0 aromatic heterocycles. The molecule has 1 aliphatic heterocycles. The highest BCUT2D eigenvalue weighted by molar-refractivity contribution is 4.79. The van der Waals surface area contributed by atoms with Crippen molar-refractivity contribution in [2.45, 2.75) is 13.0 Å². The zero-order valence-corrected chi connectivity index (χ0v) is 9.38. The van der Waals surface area contributed by atoms with Gasteiger partial charge in [0.1, 0.15) is 0 Å². The van der Waals surface area contributed by atoms with E-state index in [4.69, 9.17) is 0 Å². The molecule has 0 spiro atoms. The van der Waals surface area contributed by atoms with Crippen LogP contribution in [0.25, 0.3) is 0 Å². The number of nitrogens with one attached hydrogen (secondary N) is 1. The van der Waals surface area contributed by atoms with Crippen LogP contribution in [0.3, 0.4) is 0 Å². The topological polar surface area (TPSA) is 18.5 Å². The predicted octanol–water partition coefficient (Wildman–Crippen LogP) is 0.0877. The second kappa shape index (κ2) is 4.94. The maximum absolute atomic E-state index is 3.51. The molecule has 3 nitrogen and oxygen atoms in total. The molecule has 0 radical (unpaired) electrons. The molecule has 0 aromatic rings. The van der Waals surface area contributed by atoms with Crippen molar-refractivity contribution < 1.29 is 0 Å². The molecule has 0 aromatic carbocycles. The van der Waals surface area contributed by atoms with Gasteiger partial charge in [-0.05, 0) is 33.6 Å². The molecule has 1 N–H and O–H groups in total. The maximum atomic E-state index is 3.51. The van der Waals surface area contributed by atoms with E-state index >= 15 is 0 Å². The third-order valence-corrected chi connectivity index (χ3v) is 2.67. The molecular weight excluding hydrogens is 162 g/mol. The van der Waals surface area contributed by atoms with Crippen LogP contribution in [0, 0.1) is 5.92 Å². The molecule has 1 rings (SSSR count). The summed E-state index contributed by atoms with van der Waals surface area (Å²) in [6, 6.07) is 0.667. The van der Waals surface area contributed by atoms with Gasteiger partial charge in [0.15, 0.2) is 0 Å². The molecule has 1 fully saturated rings. The van der Waals surface area contributed by atoms with Gasteiger partial charge >= 0.3 is 0 Å². The fraction of sp³-hybridized carbons (Fsp3) is 1.00. The van der Waals surface area contributed by atoms with E-state index < -0.39 is 0 Å². The van der Waals surface area contributed by atoms with Crippen LogP contribution >= 0.6 is 0 Å². The molecule has 3 heteroatoms. The van der Waals surface area contributed by atoms with Crippen LogP contribution in [0.4, 0.5) is 0 Å². The molecule has 13 heavy (non-hydrogen) atoms. The minimum atomic E-state index is 0.667. The minimum Gasteiger partial charge on any atom is -0.315 e. The Hall–Kier alpha value is -0.120. The number of hydrogen-bond donors (Lipinski definition) is 1. The summed E-state index contributed by atoms with van der Waals surface area (Å²) in [7, 11) is 6.52. The third-order valence-electron chi connectivity index (χ3n) is 2.67. The Morgan fingerprint density at radius 1 is 1.38 bits per heavy atom. The van der Waals surface area contributed by atoms with E-state index in [-0.39, 0.29) is 0 Å². The van der Waals surface area contributed by atoms with E-state index in [9.17, 15) is 0 Å². The first-order valence-corrected chi connectivity index (χ1v) is 5.15. The van der Waals surface area contributed by atoms with Crippen molar-refractivity contribution in [3.8, 4) is 0 Å². The van der Waals surface area contributed by atoms with Crippen molar-refractivity contribution in [1.29, 1.82) is 0 Å². The monoisotopic (exact) mass is 185 g/mol. The second-order valence-corrected chi connectivity index (χ2v) is 4.62. The number of hydrogen-bond acceptors (Lipinski definition) is 3. The lowest BCUT2D eigenvalue weighted by Gasteiger charge is -2.28. The first-order valence-electron chi connectivity index (χ1n) is 5.15. The minimum absolute atomic E-state index is 0.667. The van der Waals surface area contributed by atoms with Gasteiger partial charge in [0.05, 0.1) is 0 Å². The molecule has 0 saturated carbocycles. The van der Waals surface area contributed by atoms with Crippen LogP contribution in [-0.4, -0.2) is 63.2 Å². The molecular formula is C10H23N3. The molecule has 2 atom stereocenters. The van der Waals surface area contributed by atoms with Gasteiger partial charge in [0, 0.05) is 25.7 Å². The molecule has 1 aliphatic rings. The average molecular weight is 185 g/mol. The molecule has 2 unspecified atom stereocenters. The molecule has 78 valence electrons. The van der Waals surface area contributed by atoms with Crippen molar-refractivity contribution in [2.75, 3.05) is 47.3 Å². The van der Waals surface area contributed by atoms with E-state index in [0.29, 0.717) is 6.04 Å². The van der Waals surface area contributed by atoms with Crippen molar-refractivity contribution in [3.05, 3.63) is 0 Å². The van der Waals surface area contributed by atoms with E-state index in [1.807, 2.05) is 0 Å². The Kier molecular flexibility index (Phi) is 4.16. The van der Waals surface area contributed by atoms with Gasteiger partial charge in [-0.1, -0.05) is 6.92 Å². The van der Waals surface area contributed by atoms with Gasteiger partial charge in [-0.3, -0.25) is 0 Å². The Labute approximate surface area is 82.1 Å². The summed E-state index contributed by atoms with van der Waals surface area (Å²) in [5, 5.41) is 3.51. The highest BCUT2D eigenvalue weighted by Crippen LogP contribution is 2.06. The van der Waals surface area contributed by atoms with Crippen LogP contribution < -0.4 is 5.32 Å². The van der Waals surface area contributed by atoms with E-state index in [2.05, 4.69) is 43.2 Å². The standard InChI is InChI=1S/C10H23N3/c1-9-5-11-6-10(8-12(2)3)13(4)7-9/h9-11H,5-8H2,1-4H3.